The van der Waals surface area contributed by atoms with Crippen LogP contribution in [-0.2, 0) is 13.0 Å². The highest BCUT2D eigenvalue weighted by Gasteiger charge is 2.24. The van der Waals surface area contributed by atoms with Gasteiger partial charge in [-0.15, -0.1) is 10.2 Å². The highest BCUT2D eigenvalue weighted by Crippen LogP contribution is 2.27. The summed E-state index contributed by atoms with van der Waals surface area (Å²) in [6.07, 6.45) is 1.64. The highest BCUT2D eigenvalue weighted by atomic mass is 19.2. The fourth-order valence-electron chi connectivity index (χ4n) is 2.49. The third kappa shape index (κ3) is 2.07. The Morgan fingerprint density at radius 1 is 1.20 bits per heavy atom. The lowest BCUT2D eigenvalue weighted by Gasteiger charge is -2.22. The summed E-state index contributed by atoms with van der Waals surface area (Å²) in [4.78, 5) is 0. The Balaban J connectivity index is 2.06. The minimum Gasteiger partial charge on any atom is -0.330 e. The quantitative estimate of drug-likeness (QED) is 0.856. The molecule has 1 aromatic heterocycles. The summed E-state index contributed by atoms with van der Waals surface area (Å²) in [7, 11) is 0. The molecule has 0 spiro atoms. The Kier molecular flexibility index (Phi) is 3.21. The zero-order chi connectivity index (χ0) is 14.3. The molecule has 4 nitrogen and oxygen atoms in total. The Morgan fingerprint density at radius 2 is 1.90 bits per heavy atom. The first kappa shape index (κ1) is 13.1. The van der Waals surface area contributed by atoms with Crippen LogP contribution in [0.1, 0.15) is 12.2 Å². The van der Waals surface area contributed by atoms with Gasteiger partial charge in [-0.1, -0.05) is 0 Å². The maximum absolute atomic E-state index is 13.3. The first-order valence-corrected chi connectivity index (χ1v) is 6.37. The van der Waals surface area contributed by atoms with Crippen LogP contribution in [0.25, 0.3) is 11.4 Å². The predicted molar refractivity (Wildman–Crippen MR) is 66.2 cm³/mol. The second-order valence-corrected chi connectivity index (χ2v) is 4.94. The van der Waals surface area contributed by atoms with Gasteiger partial charge in [0.05, 0.1) is 0 Å². The third-order valence-corrected chi connectivity index (χ3v) is 3.62. The van der Waals surface area contributed by atoms with Crippen molar-refractivity contribution in [1.29, 1.82) is 0 Å². The number of aromatic nitrogens is 3. The van der Waals surface area contributed by atoms with Crippen LogP contribution in [0.3, 0.4) is 0 Å². The summed E-state index contributed by atoms with van der Waals surface area (Å²) in [6, 6.07) is 1.86. The second-order valence-electron chi connectivity index (χ2n) is 4.94. The van der Waals surface area contributed by atoms with Crippen LogP contribution < -0.4 is 5.73 Å². The number of hydrogen-bond acceptors (Lipinski definition) is 3. The van der Waals surface area contributed by atoms with Crippen molar-refractivity contribution in [2.24, 2.45) is 11.7 Å². The first-order valence-electron chi connectivity index (χ1n) is 6.37. The van der Waals surface area contributed by atoms with Gasteiger partial charge in [-0.05, 0) is 31.0 Å². The van der Waals surface area contributed by atoms with E-state index < -0.39 is 17.5 Å². The van der Waals surface area contributed by atoms with Crippen molar-refractivity contribution in [3.05, 3.63) is 35.4 Å². The second kappa shape index (κ2) is 4.90. The molecule has 0 amide bonds. The van der Waals surface area contributed by atoms with Gasteiger partial charge in [-0.25, -0.2) is 13.2 Å². The first-order chi connectivity index (χ1) is 9.60. The van der Waals surface area contributed by atoms with Crippen LogP contribution in [0, 0.1) is 23.4 Å². The zero-order valence-electron chi connectivity index (χ0n) is 10.6. The summed E-state index contributed by atoms with van der Waals surface area (Å²) < 4.78 is 41.4. The Morgan fingerprint density at radius 3 is 2.55 bits per heavy atom. The van der Waals surface area contributed by atoms with Crippen LogP contribution in [-0.4, -0.2) is 21.3 Å². The van der Waals surface area contributed by atoms with Crippen molar-refractivity contribution in [3.63, 3.8) is 0 Å². The Hall–Kier alpha value is -1.89. The number of rotatable bonds is 2. The fraction of sp³-hybridized carbons (Fsp3) is 0.385. The van der Waals surface area contributed by atoms with E-state index in [2.05, 4.69) is 10.2 Å². The lowest BCUT2D eigenvalue weighted by Crippen LogP contribution is -2.26. The van der Waals surface area contributed by atoms with E-state index in [9.17, 15) is 13.2 Å². The highest BCUT2D eigenvalue weighted by molar-refractivity contribution is 5.56. The molecule has 0 saturated heterocycles. The third-order valence-electron chi connectivity index (χ3n) is 3.62. The van der Waals surface area contributed by atoms with E-state index in [4.69, 9.17) is 5.73 Å². The summed E-state index contributed by atoms with van der Waals surface area (Å²) in [5.74, 6) is -2.56. The van der Waals surface area contributed by atoms with Crippen molar-refractivity contribution in [3.8, 4) is 11.4 Å². The number of nitrogens with two attached hydrogens (primary N) is 1. The summed E-state index contributed by atoms with van der Waals surface area (Å²) in [5, 5.41) is 7.98. The van der Waals surface area contributed by atoms with E-state index in [0.717, 1.165) is 30.8 Å². The lowest BCUT2D eigenvalue weighted by atomic mass is 9.99. The maximum Gasteiger partial charge on any atom is 0.194 e. The molecular formula is C13H13F3N4. The molecule has 2 N–H and O–H groups in total. The maximum atomic E-state index is 13.3. The monoisotopic (exact) mass is 282 g/mol. The van der Waals surface area contributed by atoms with Crippen molar-refractivity contribution in [1.82, 2.24) is 14.8 Å². The van der Waals surface area contributed by atoms with Gasteiger partial charge in [-0.3, -0.25) is 0 Å². The molecule has 106 valence electrons. The van der Waals surface area contributed by atoms with Crippen molar-refractivity contribution in [2.75, 3.05) is 6.54 Å². The van der Waals surface area contributed by atoms with Gasteiger partial charge < -0.3 is 10.3 Å². The molecule has 20 heavy (non-hydrogen) atoms. The zero-order valence-corrected chi connectivity index (χ0v) is 10.6. The molecule has 2 aromatic rings. The van der Waals surface area contributed by atoms with Crippen molar-refractivity contribution < 1.29 is 13.2 Å². The topological polar surface area (TPSA) is 56.7 Å². The molecule has 3 rings (SSSR count). The Bertz CT molecular complexity index is 630. The van der Waals surface area contributed by atoms with E-state index in [1.165, 1.54) is 0 Å². The summed E-state index contributed by atoms with van der Waals surface area (Å²) in [5.41, 5.74) is 5.84. The summed E-state index contributed by atoms with van der Waals surface area (Å²) >= 11 is 0. The van der Waals surface area contributed by atoms with E-state index in [-0.39, 0.29) is 11.5 Å². The van der Waals surface area contributed by atoms with E-state index >= 15 is 0 Å². The molecule has 0 saturated carbocycles. The molecule has 1 atom stereocenters. The van der Waals surface area contributed by atoms with Gasteiger partial charge in [0.1, 0.15) is 5.82 Å². The molecule has 0 radical (unpaired) electrons. The van der Waals surface area contributed by atoms with Gasteiger partial charge in [0.25, 0.3) is 0 Å². The fourth-order valence-corrected chi connectivity index (χ4v) is 2.49. The molecule has 7 heteroatoms. The molecule has 0 fully saturated rings. The number of benzene rings is 1. The normalized spacial score (nSPS) is 18.1. The van der Waals surface area contributed by atoms with Gasteiger partial charge in [0.2, 0.25) is 0 Å². The largest absolute Gasteiger partial charge is 0.330 e. The molecular weight excluding hydrogens is 269 g/mol. The molecule has 0 aliphatic carbocycles. The minimum atomic E-state index is -1.48. The molecule has 1 unspecified atom stereocenters. The van der Waals surface area contributed by atoms with E-state index in [1.54, 1.807) is 4.57 Å². The van der Waals surface area contributed by atoms with E-state index in [0.29, 0.717) is 18.9 Å². The molecule has 1 aliphatic rings. The molecule has 2 heterocycles. The van der Waals surface area contributed by atoms with Crippen LogP contribution in [0.4, 0.5) is 13.2 Å². The number of aryl methyl sites for hydroxylation is 1. The van der Waals surface area contributed by atoms with Crippen molar-refractivity contribution in [2.45, 2.75) is 19.4 Å². The average molecular weight is 282 g/mol. The van der Waals surface area contributed by atoms with E-state index in [1.807, 2.05) is 0 Å². The van der Waals surface area contributed by atoms with Crippen LogP contribution in [0.15, 0.2) is 12.1 Å². The van der Waals surface area contributed by atoms with Crippen molar-refractivity contribution >= 4 is 0 Å². The van der Waals surface area contributed by atoms with Crippen LogP contribution in [0.2, 0.25) is 0 Å². The van der Waals surface area contributed by atoms with Gasteiger partial charge in [-0.2, -0.15) is 0 Å². The molecule has 1 aliphatic heterocycles. The Labute approximate surface area is 113 Å². The smallest absolute Gasteiger partial charge is 0.194 e. The van der Waals surface area contributed by atoms with Crippen LogP contribution in [0.5, 0.6) is 0 Å². The summed E-state index contributed by atoms with van der Waals surface area (Å²) in [6.45, 7) is 1.14. The number of fused-ring (bicyclic) bond motifs is 1. The average Bonchev–Trinajstić information content (AvgIpc) is 2.87. The van der Waals surface area contributed by atoms with Crippen LogP contribution >= 0.6 is 0 Å². The minimum absolute atomic E-state index is 0.179. The number of halogens is 3. The van der Waals surface area contributed by atoms with Gasteiger partial charge in [0.15, 0.2) is 23.3 Å². The van der Waals surface area contributed by atoms with Gasteiger partial charge in [0, 0.05) is 18.5 Å². The van der Waals surface area contributed by atoms with Gasteiger partial charge >= 0.3 is 0 Å². The molecule has 1 aromatic carbocycles. The number of hydrogen-bond donors (Lipinski definition) is 1. The SMILES string of the molecule is NCC1CCc2nnc(-c3cc(F)c(F)c(F)c3)n2C1. The predicted octanol–water partition coefficient (Wildman–Crippen LogP) is 1.88. The standard InChI is InChI=1S/C13H13F3N4/c14-9-3-8(4-10(15)12(9)16)13-19-18-11-2-1-7(5-17)6-20(11)13/h3-4,7H,1-2,5-6,17H2. The number of nitrogens with zero attached hydrogens (tertiary/aromatic N) is 3. The lowest BCUT2D eigenvalue weighted by molar-refractivity contribution is 0.375. The molecule has 0 bridgehead atoms.